The molecule has 1 rings (SSSR count). The van der Waals surface area contributed by atoms with Crippen molar-refractivity contribution < 1.29 is 13.3 Å². The van der Waals surface area contributed by atoms with Crippen LogP contribution in [0.1, 0.15) is 19.0 Å². The first-order valence-electron chi connectivity index (χ1n) is 6.56. The Morgan fingerprint density at radius 1 is 1.43 bits per heavy atom. The van der Waals surface area contributed by atoms with Crippen LogP contribution in [0.3, 0.4) is 0 Å². The monoisotopic (exact) mass is 316 g/mol. The number of hydrogen-bond acceptors (Lipinski definition) is 6. The van der Waals surface area contributed by atoms with Crippen molar-refractivity contribution >= 4 is 21.5 Å². The summed E-state index contributed by atoms with van der Waals surface area (Å²) >= 11 is 0. The summed E-state index contributed by atoms with van der Waals surface area (Å²) < 4.78 is 24.2. The number of nitrogens with zero attached hydrogens (tertiary/aromatic N) is 3. The van der Waals surface area contributed by atoms with E-state index in [0.29, 0.717) is 31.7 Å². The average molecular weight is 316 g/mol. The molecular formula is C12H20N4O4S. The Bertz CT molecular complexity index is 603. The van der Waals surface area contributed by atoms with E-state index in [4.69, 9.17) is 0 Å². The summed E-state index contributed by atoms with van der Waals surface area (Å²) in [4.78, 5) is 14.5. The second-order valence-corrected chi connectivity index (χ2v) is 6.59. The summed E-state index contributed by atoms with van der Waals surface area (Å²) in [7, 11) is -3.21. The van der Waals surface area contributed by atoms with Gasteiger partial charge in [0, 0.05) is 31.4 Å². The van der Waals surface area contributed by atoms with Crippen LogP contribution in [-0.2, 0) is 10.0 Å². The van der Waals surface area contributed by atoms with E-state index < -0.39 is 14.9 Å². The number of nitro groups is 1. The zero-order valence-electron chi connectivity index (χ0n) is 12.4. The molecule has 0 fully saturated rings. The fraction of sp³-hybridized carbons (Fsp3) is 0.583. The predicted octanol–water partition coefficient (Wildman–Crippen LogP) is 1.38. The van der Waals surface area contributed by atoms with Crippen molar-refractivity contribution in [2.45, 2.75) is 20.3 Å². The van der Waals surface area contributed by atoms with Crippen LogP contribution in [0.4, 0.5) is 11.5 Å². The molecule has 0 bridgehead atoms. The number of aromatic nitrogens is 1. The zero-order chi connectivity index (χ0) is 16.0. The molecule has 0 aliphatic carbocycles. The van der Waals surface area contributed by atoms with Crippen molar-refractivity contribution in [1.82, 2.24) is 9.29 Å². The molecule has 0 unspecified atom stereocenters. The average Bonchev–Trinajstić information content (AvgIpc) is 2.36. The first-order chi connectivity index (χ1) is 9.75. The summed E-state index contributed by atoms with van der Waals surface area (Å²) in [6, 6.07) is 2.98. The van der Waals surface area contributed by atoms with E-state index in [0.717, 1.165) is 6.26 Å². The molecule has 0 amide bonds. The maximum Gasteiger partial charge on any atom is 0.311 e. The highest BCUT2D eigenvalue weighted by Crippen LogP contribution is 2.21. The van der Waals surface area contributed by atoms with E-state index >= 15 is 0 Å². The standard InChI is InChI=1S/C12H20N4O4S/c1-4-15(21(3,19)20)9-5-8-13-12-11(16(17)18)7-6-10(2)14-12/h6-7H,4-5,8-9H2,1-3H3,(H,13,14). The molecule has 1 heterocycles. The maximum absolute atomic E-state index is 11.4. The molecule has 9 heteroatoms. The second kappa shape index (κ2) is 7.32. The van der Waals surface area contributed by atoms with Gasteiger partial charge in [0.05, 0.1) is 11.2 Å². The molecular weight excluding hydrogens is 296 g/mol. The van der Waals surface area contributed by atoms with Gasteiger partial charge in [0.2, 0.25) is 15.8 Å². The molecule has 0 radical (unpaired) electrons. The minimum Gasteiger partial charge on any atom is -0.364 e. The lowest BCUT2D eigenvalue weighted by molar-refractivity contribution is -0.384. The molecule has 0 saturated heterocycles. The molecule has 118 valence electrons. The Labute approximate surface area is 124 Å². The molecule has 1 aromatic rings. The van der Waals surface area contributed by atoms with Gasteiger partial charge in [0.25, 0.3) is 0 Å². The number of nitrogens with one attached hydrogen (secondary N) is 1. The molecule has 0 aliphatic heterocycles. The van der Waals surface area contributed by atoms with Crippen LogP contribution < -0.4 is 5.32 Å². The van der Waals surface area contributed by atoms with Gasteiger partial charge < -0.3 is 5.32 Å². The number of hydrogen-bond donors (Lipinski definition) is 1. The molecule has 0 aliphatic rings. The third-order valence-corrected chi connectivity index (χ3v) is 4.29. The molecule has 0 spiro atoms. The summed E-state index contributed by atoms with van der Waals surface area (Å²) in [5.41, 5.74) is 0.588. The van der Waals surface area contributed by atoms with Gasteiger partial charge in [0.1, 0.15) is 0 Å². The normalized spacial score (nSPS) is 11.6. The smallest absolute Gasteiger partial charge is 0.311 e. The quantitative estimate of drug-likeness (QED) is 0.441. The fourth-order valence-corrected chi connectivity index (χ4v) is 2.78. The Kier molecular flexibility index (Phi) is 6.03. The van der Waals surface area contributed by atoms with Crippen LogP contribution in [0.5, 0.6) is 0 Å². The fourth-order valence-electron chi connectivity index (χ4n) is 1.85. The van der Waals surface area contributed by atoms with Gasteiger partial charge in [-0.2, -0.15) is 0 Å². The largest absolute Gasteiger partial charge is 0.364 e. The number of pyridine rings is 1. The third-order valence-electron chi connectivity index (χ3n) is 2.91. The van der Waals surface area contributed by atoms with Crippen molar-refractivity contribution in [2.24, 2.45) is 0 Å². The summed E-state index contributed by atoms with van der Waals surface area (Å²) in [6.07, 6.45) is 1.70. The molecule has 8 nitrogen and oxygen atoms in total. The minimum absolute atomic E-state index is 0.0870. The van der Waals surface area contributed by atoms with Crippen molar-refractivity contribution in [3.05, 3.63) is 27.9 Å². The zero-order valence-corrected chi connectivity index (χ0v) is 13.2. The van der Waals surface area contributed by atoms with Crippen LogP contribution in [-0.4, -0.2) is 48.5 Å². The Hall–Kier alpha value is -1.74. The van der Waals surface area contributed by atoms with Crippen LogP contribution in [0.25, 0.3) is 0 Å². The molecule has 0 atom stereocenters. The number of aryl methyl sites for hydroxylation is 1. The first-order valence-corrected chi connectivity index (χ1v) is 8.41. The van der Waals surface area contributed by atoms with Gasteiger partial charge in [-0.05, 0) is 19.4 Å². The summed E-state index contributed by atoms with van der Waals surface area (Å²) in [5, 5.41) is 13.8. The van der Waals surface area contributed by atoms with Crippen molar-refractivity contribution in [3.8, 4) is 0 Å². The lowest BCUT2D eigenvalue weighted by Crippen LogP contribution is -2.31. The van der Waals surface area contributed by atoms with E-state index in [2.05, 4.69) is 10.3 Å². The van der Waals surface area contributed by atoms with Crippen LogP contribution >= 0.6 is 0 Å². The van der Waals surface area contributed by atoms with Gasteiger partial charge in [-0.15, -0.1) is 0 Å². The SMILES string of the molecule is CCN(CCCNc1nc(C)ccc1[N+](=O)[O-])S(C)(=O)=O. The Morgan fingerprint density at radius 2 is 2.10 bits per heavy atom. The second-order valence-electron chi connectivity index (χ2n) is 4.61. The molecule has 1 aromatic heterocycles. The van der Waals surface area contributed by atoms with Gasteiger partial charge >= 0.3 is 5.69 Å². The topological polar surface area (TPSA) is 105 Å². The van der Waals surface area contributed by atoms with E-state index in [1.807, 2.05) is 0 Å². The first kappa shape index (κ1) is 17.3. The molecule has 1 N–H and O–H groups in total. The van der Waals surface area contributed by atoms with E-state index in [1.54, 1.807) is 19.9 Å². The maximum atomic E-state index is 11.4. The highest BCUT2D eigenvalue weighted by molar-refractivity contribution is 7.88. The van der Waals surface area contributed by atoms with Gasteiger partial charge in [-0.3, -0.25) is 10.1 Å². The highest BCUT2D eigenvalue weighted by atomic mass is 32.2. The minimum atomic E-state index is -3.21. The number of sulfonamides is 1. The van der Waals surface area contributed by atoms with Crippen molar-refractivity contribution in [1.29, 1.82) is 0 Å². The van der Waals surface area contributed by atoms with Crippen molar-refractivity contribution in [2.75, 3.05) is 31.2 Å². The lowest BCUT2D eigenvalue weighted by Gasteiger charge is -2.17. The predicted molar refractivity (Wildman–Crippen MR) is 80.8 cm³/mol. The van der Waals surface area contributed by atoms with Crippen LogP contribution in [0.15, 0.2) is 12.1 Å². The van der Waals surface area contributed by atoms with Gasteiger partial charge in [-0.1, -0.05) is 6.92 Å². The summed E-state index contributed by atoms with van der Waals surface area (Å²) in [6.45, 7) is 4.69. The number of anilines is 1. The van der Waals surface area contributed by atoms with Crippen LogP contribution in [0, 0.1) is 17.0 Å². The highest BCUT2D eigenvalue weighted by Gasteiger charge is 2.16. The van der Waals surface area contributed by atoms with E-state index in [-0.39, 0.29) is 11.5 Å². The number of rotatable bonds is 8. The Morgan fingerprint density at radius 3 is 2.62 bits per heavy atom. The van der Waals surface area contributed by atoms with Crippen molar-refractivity contribution in [3.63, 3.8) is 0 Å². The van der Waals surface area contributed by atoms with E-state index in [9.17, 15) is 18.5 Å². The van der Waals surface area contributed by atoms with E-state index in [1.165, 1.54) is 10.4 Å². The molecule has 0 aromatic carbocycles. The summed E-state index contributed by atoms with van der Waals surface area (Å²) in [5.74, 6) is 0.211. The third kappa shape index (κ3) is 5.27. The van der Waals surface area contributed by atoms with Crippen LogP contribution in [0.2, 0.25) is 0 Å². The molecule has 21 heavy (non-hydrogen) atoms. The van der Waals surface area contributed by atoms with Gasteiger partial charge in [0.15, 0.2) is 0 Å². The molecule has 0 saturated carbocycles. The lowest BCUT2D eigenvalue weighted by atomic mass is 10.3. The Balaban J connectivity index is 2.61. The van der Waals surface area contributed by atoms with Gasteiger partial charge in [-0.25, -0.2) is 17.7 Å².